The maximum Gasteiger partial charge on any atom is 0.0489 e. The van der Waals surface area contributed by atoms with E-state index in [0.717, 1.165) is 22.4 Å². The minimum Gasteiger partial charge on any atom is -0.399 e. The van der Waals surface area contributed by atoms with E-state index in [1.807, 2.05) is 36.5 Å². The Kier molecular flexibility index (Phi) is 2.88. The topological polar surface area (TPSA) is 38.9 Å². The lowest BCUT2D eigenvalue weighted by Gasteiger charge is -2.03. The number of halogens is 1. The van der Waals surface area contributed by atoms with E-state index in [4.69, 9.17) is 17.3 Å². The summed E-state index contributed by atoms with van der Waals surface area (Å²) in [6.45, 7) is 0. The molecule has 15 heavy (non-hydrogen) atoms. The molecule has 2 N–H and O–H groups in total. The number of nitrogens with two attached hydrogens (primary N) is 1. The Balaban J connectivity index is 2.44. The van der Waals surface area contributed by atoms with Crippen LogP contribution in [0, 0.1) is 0 Å². The Labute approximate surface area is 93.7 Å². The molecule has 0 saturated carbocycles. The van der Waals surface area contributed by atoms with E-state index in [1.165, 1.54) is 0 Å². The maximum absolute atomic E-state index is 5.75. The van der Waals surface area contributed by atoms with E-state index in [-0.39, 0.29) is 0 Å². The highest BCUT2D eigenvalue weighted by Crippen LogP contribution is 2.21. The Morgan fingerprint density at radius 3 is 2.73 bits per heavy atom. The van der Waals surface area contributed by atoms with Crippen molar-refractivity contribution < 1.29 is 0 Å². The maximum atomic E-state index is 5.75. The van der Waals surface area contributed by atoms with Crippen molar-refractivity contribution in [3.8, 4) is 11.1 Å². The standard InChI is InChI=1S/C12H11ClN2/c13-6-9-4-11(8-15-7-9)10-2-1-3-12(14)5-10/h1-5,7-8H,6,14H2. The predicted molar refractivity (Wildman–Crippen MR) is 63.6 cm³/mol. The third-order valence-corrected chi connectivity index (χ3v) is 2.48. The van der Waals surface area contributed by atoms with E-state index in [2.05, 4.69) is 4.98 Å². The first-order valence-corrected chi connectivity index (χ1v) is 5.19. The molecule has 0 aliphatic rings. The largest absolute Gasteiger partial charge is 0.399 e. The highest BCUT2D eigenvalue weighted by molar-refractivity contribution is 6.17. The first kappa shape index (κ1) is 9.99. The van der Waals surface area contributed by atoms with Crippen LogP contribution in [0.4, 0.5) is 5.69 Å². The van der Waals surface area contributed by atoms with E-state index < -0.39 is 0 Å². The summed E-state index contributed by atoms with van der Waals surface area (Å²) in [7, 11) is 0. The third-order valence-electron chi connectivity index (χ3n) is 2.17. The molecule has 0 fully saturated rings. The average molecular weight is 219 g/mol. The van der Waals surface area contributed by atoms with E-state index >= 15 is 0 Å². The van der Waals surface area contributed by atoms with Gasteiger partial charge in [-0.05, 0) is 29.3 Å². The summed E-state index contributed by atoms with van der Waals surface area (Å²) in [6.07, 6.45) is 3.58. The van der Waals surface area contributed by atoms with Crippen LogP contribution in [0.2, 0.25) is 0 Å². The van der Waals surface area contributed by atoms with Gasteiger partial charge in [-0.15, -0.1) is 11.6 Å². The van der Waals surface area contributed by atoms with E-state index in [1.54, 1.807) is 6.20 Å². The molecule has 1 heterocycles. The Morgan fingerprint density at radius 1 is 1.13 bits per heavy atom. The fraction of sp³-hybridized carbons (Fsp3) is 0.0833. The number of aromatic nitrogens is 1. The number of pyridine rings is 1. The molecule has 0 aliphatic heterocycles. The molecule has 76 valence electrons. The first-order chi connectivity index (χ1) is 7.29. The van der Waals surface area contributed by atoms with Gasteiger partial charge in [-0.25, -0.2) is 0 Å². The number of hydrogen-bond acceptors (Lipinski definition) is 2. The van der Waals surface area contributed by atoms with Crippen LogP contribution in [0.25, 0.3) is 11.1 Å². The zero-order chi connectivity index (χ0) is 10.7. The summed E-state index contributed by atoms with van der Waals surface area (Å²) in [6, 6.07) is 9.75. The number of nitrogen functional groups attached to an aromatic ring is 1. The van der Waals surface area contributed by atoms with Gasteiger partial charge in [0.05, 0.1) is 0 Å². The fourth-order valence-corrected chi connectivity index (χ4v) is 1.58. The molecular formula is C12H11ClN2. The van der Waals surface area contributed by atoms with Gasteiger partial charge in [0.25, 0.3) is 0 Å². The third kappa shape index (κ3) is 2.28. The summed E-state index contributed by atoms with van der Waals surface area (Å²) < 4.78 is 0. The Hall–Kier alpha value is -1.54. The Morgan fingerprint density at radius 2 is 2.00 bits per heavy atom. The number of hydrogen-bond donors (Lipinski definition) is 1. The number of rotatable bonds is 2. The molecule has 0 aliphatic carbocycles. The van der Waals surface area contributed by atoms with Gasteiger partial charge in [0.15, 0.2) is 0 Å². The molecule has 2 rings (SSSR count). The lowest BCUT2D eigenvalue weighted by molar-refractivity contribution is 1.25. The van der Waals surface area contributed by atoms with Crippen molar-refractivity contribution in [2.75, 3.05) is 5.73 Å². The van der Waals surface area contributed by atoms with Gasteiger partial charge in [-0.2, -0.15) is 0 Å². The second kappa shape index (κ2) is 4.32. The number of anilines is 1. The molecule has 0 spiro atoms. The second-order valence-corrected chi connectivity index (χ2v) is 3.61. The molecule has 2 aromatic rings. The fourth-order valence-electron chi connectivity index (χ4n) is 1.44. The van der Waals surface area contributed by atoms with Gasteiger partial charge >= 0.3 is 0 Å². The monoisotopic (exact) mass is 218 g/mol. The van der Waals surface area contributed by atoms with Gasteiger partial charge in [0, 0.05) is 29.5 Å². The molecule has 2 nitrogen and oxygen atoms in total. The van der Waals surface area contributed by atoms with Crippen LogP contribution in [-0.4, -0.2) is 4.98 Å². The number of alkyl halides is 1. The van der Waals surface area contributed by atoms with Crippen LogP contribution in [0.15, 0.2) is 42.7 Å². The molecule has 0 radical (unpaired) electrons. The molecule has 0 saturated heterocycles. The van der Waals surface area contributed by atoms with Gasteiger partial charge in [0.2, 0.25) is 0 Å². The van der Waals surface area contributed by atoms with Gasteiger partial charge < -0.3 is 5.73 Å². The zero-order valence-corrected chi connectivity index (χ0v) is 8.91. The van der Waals surface area contributed by atoms with Crippen LogP contribution in [0.1, 0.15) is 5.56 Å². The van der Waals surface area contributed by atoms with Gasteiger partial charge in [0.1, 0.15) is 0 Å². The molecule has 0 amide bonds. The van der Waals surface area contributed by atoms with Crippen molar-refractivity contribution in [2.45, 2.75) is 5.88 Å². The summed E-state index contributed by atoms with van der Waals surface area (Å²) in [5, 5.41) is 0. The van der Waals surface area contributed by atoms with Crippen LogP contribution >= 0.6 is 11.6 Å². The molecule has 1 aromatic carbocycles. The predicted octanol–water partition coefficient (Wildman–Crippen LogP) is 3.07. The van der Waals surface area contributed by atoms with Gasteiger partial charge in [-0.1, -0.05) is 12.1 Å². The number of nitrogens with zero attached hydrogens (tertiary/aromatic N) is 1. The summed E-state index contributed by atoms with van der Waals surface area (Å²) in [5.74, 6) is 0.475. The van der Waals surface area contributed by atoms with Crippen molar-refractivity contribution in [1.82, 2.24) is 4.98 Å². The molecule has 1 aromatic heterocycles. The first-order valence-electron chi connectivity index (χ1n) is 4.65. The average Bonchev–Trinajstić information content (AvgIpc) is 2.29. The summed E-state index contributed by atoms with van der Waals surface area (Å²) in [5.41, 5.74) is 9.59. The van der Waals surface area contributed by atoms with Crippen LogP contribution in [-0.2, 0) is 5.88 Å². The van der Waals surface area contributed by atoms with Crippen LogP contribution < -0.4 is 5.73 Å². The molecule has 0 bridgehead atoms. The normalized spacial score (nSPS) is 10.2. The smallest absolute Gasteiger partial charge is 0.0489 e. The zero-order valence-electron chi connectivity index (χ0n) is 8.15. The highest BCUT2D eigenvalue weighted by Gasteiger charge is 1.99. The minimum atomic E-state index is 0.475. The SMILES string of the molecule is Nc1cccc(-c2cncc(CCl)c2)c1. The van der Waals surface area contributed by atoms with Crippen LogP contribution in [0.5, 0.6) is 0 Å². The number of benzene rings is 1. The van der Waals surface area contributed by atoms with Crippen LogP contribution in [0.3, 0.4) is 0 Å². The second-order valence-electron chi connectivity index (χ2n) is 3.34. The Bertz CT molecular complexity index is 469. The van der Waals surface area contributed by atoms with E-state index in [0.29, 0.717) is 5.88 Å². The highest BCUT2D eigenvalue weighted by atomic mass is 35.5. The lowest BCUT2D eigenvalue weighted by atomic mass is 10.1. The molecule has 0 atom stereocenters. The molecular weight excluding hydrogens is 208 g/mol. The van der Waals surface area contributed by atoms with Crippen molar-refractivity contribution in [2.24, 2.45) is 0 Å². The molecule has 0 unspecified atom stereocenters. The van der Waals surface area contributed by atoms with Crippen molar-refractivity contribution >= 4 is 17.3 Å². The van der Waals surface area contributed by atoms with Crippen molar-refractivity contribution in [3.05, 3.63) is 48.3 Å². The summed E-state index contributed by atoms with van der Waals surface area (Å²) >= 11 is 5.75. The molecule has 3 heteroatoms. The minimum absolute atomic E-state index is 0.475. The summed E-state index contributed by atoms with van der Waals surface area (Å²) in [4.78, 5) is 4.14. The van der Waals surface area contributed by atoms with Crippen molar-refractivity contribution in [1.29, 1.82) is 0 Å². The van der Waals surface area contributed by atoms with E-state index in [9.17, 15) is 0 Å². The lowest BCUT2D eigenvalue weighted by Crippen LogP contribution is -1.87. The van der Waals surface area contributed by atoms with Gasteiger partial charge in [-0.3, -0.25) is 4.98 Å². The quantitative estimate of drug-likeness (QED) is 0.622. The van der Waals surface area contributed by atoms with Crippen molar-refractivity contribution in [3.63, 3.8) is 0 Å².